The van der Waals surface area contributed by atoms with E-state index in [1.807, 2.05) is 36.4 Å². The molecule has 2 saturated carbocycles. The zero-order chi connectivity index (χ0) is 36.8. The highest BCUT2D eigenvalue weighted by molar-refractivity contribution is 5.65. The maximum atomic E-state index is 15.1. The predicted molar refractivity (Wildman–Crippen MR) is 219 cm³/mol. The Balaban J connectivity index is 0.879. The molecule has 6 rings (SSSR count). The molecule has 0 heterocycles. The number of hydrogen-bond donors (Lipinski definition) is 0. The van der Waals surface area contributed by atoms with Crippen molar-refractivity contribution < 1.29 is 13.5 Å². The maximum absolute atomic E-state index is 15.1. The molecule has 4 aromatic rings. The summed E-state index contributed by atoms with van der Waals surface area (Å²) in [7, 11) is 0. The standard InChI is InChI=1S/C50H60F2O/c1-3-5-9-37-13-17-39(18-14-37)41-21-25-43(26-22-41)47-31-29-45(49(51)35-47)11-7-33-53-34-8-12-46-30-32-48(36-50(46)52)44-27-23-42(24-28-44)40-19-15-38(16-20-40)10-6-4-2/h3-4,21-32,35-40H,1-2,5-20,33-34H2. The fraction of sp³-hybridized carbons (Fsp3) is 0.440. The number of ether oxygens (including phenoxy) is 1. The van der Waals surface area contributed by atoms with Crippen molar-refractivity contribution in [2.45, 2.75) is 115 Å². The number of halogens is 2. The summed E-state index contributed by atoms with van der Waals surface area (Å²) < 4.78 is 36.0. The van der Waals surface area contributed by atoms with E-state index in [-0.39, 0.29) is 11.6 Å². The summed E-state index contributed by atoms with van der Waals surface area (Å²) in [6.07, 6.45) is 21.9. The maximum Gasteiger partial charge on any atom is 0.127 e. The van der Waals surface area contributed by atoms with Gasteiger partial charge in [-0.2, -0.15) is 0 Å². The Kier molecular flexibility index (Phi) is 14.7. The van der Waals surface area contributed by atoms with Crippen LogP contribution < -0.4 is 0 Å². The fourth-order valence-electron chi connectivity index (χ4n) is 8.86. The first-order valence-corrected chi connectivity index (χ1v) is 20.6. The van der Waals surface area contributed by atoms with Gasteiger partial charge in [0, 0.05) is 13.2 Å². The van der Waals surface area contributed by atoms with E-state index in [1.54, 1.807) is 12.1 Å². The first-order chi connectivity index (χ1) is 26.0. The Bertz CT molecular complexity index is 1590. The monoisotopic (exact) mass is 714 g/mol. The van der Waals surface area contributed by atoms with E-state index in [0.29, 0.717) is 37.9 Å². The summed E-state index contributed by atoms with van der Waals surface area (Å²) in [5.74, 6) is 2.66. The van der Waals surface area contributed by atoms with Gasteiger partial charge in [0.2, 0.25) is 0 Å². The predicted octanol–water partition coefficient (Wildman–Crippen LogP) is 14.4. The number of rotatable bonds is 18. The summed E-state index contributed by atoms with van der Waals surface area (Å²) >= 11 is 0. The van der Waals surface area contributed by atoms with Gasteiger partial charge in [0.05, 0.1) is 0 Å². The molecule has 0 saturated heterocycles. The summed E-state index contributed by atoms with van der Waals surface area (Å²) in [5, 5.41) is 0. The van der Waals surface area contributed by atoms with Crippen molar-refractivity contribution in [3.63, 3.8) is 0 Å². The molecule has 280 valence electrons. The van der Waals surface area contributed by atoms with Crippen molar-refractivity contribution in [1.82, 2.24) is 0 Å². The van der Waals surface area contributed by atoms with Crippen LogP contribution in [-0.2, 0) is 17.6 Å². The van der Waals surface area contributed by atoms with E-state index in [0.717, 1.165) is 70.9 Å². The zero-order valence-electron chi connectivity index (χ0n) is 31.9. The van der Waals surface area contributed by atoms with Gasteiger partial charge in [-0.25, -0.2) is 8.78 Å². The van der Waals surface area contributed by atoms with Gasteiger partial charge in [0.1, 0.15) is 11.6 Å². The Morgan fingerprint density at radius 3 is 1.25 bits per heavy atom. The van der Waals surface area contributed by atoms with E-state index in [1.165, 1.54) is 75.3 Å². The van der Waals surface area contributed by atoms with Gasteiger partial charge in [-0.15, -0.1) is 13.2 Å². The lowest BCUT2D eigenvalue weighted by Crippen LogP contribution is -2.13. The minimum atomic E-state index is -0.156. The van der Waals surface area contributed by atoms with Crippen LogP contribution in [-0.4, -0.2) is 13.2 Å². The van der Waals surface area contributed by atoms with Crippen LogP contribution in [0.2, 0.25) is 0 Å². The average molecular weight is 715 g/mol. The second-order valence-electron chi connectivity index (χ2n) is 15.8. The van der Waals surface area contributed by atoms with Crippen LogP contribution in [0.25, 0.3) is 22.3 Å². The van der Waals surface area contributed by atoms with Crippen molar-refractivity contribution in [2.24, 2.45) is 11.8 Å². The third-order valence-corrected chi connectivity index (χ3v) is 12.3. The van der Waals surface area contributed by atoms with Gasteiger partial charge >= 0.3 is 0 Å². The third-order valence-electron chi connectivity index (χ3n) is 12.3. The van der Waals surface area contributed by atoms with E-state index >= 15 is 8.78 Å². The van der Waals surface area contributed by atoms with Crippen LogP contribution in [0.4, 0.5) is 8.78 Å². The molecular formula is C50H60F2O. The highest BCUT2D eigenvalue weighted by atomic mass is 19.1. The lowest BCUT2D eigenvalue weighted by atomic mass is 9.77. The van der Waals surface area contributed by atoms with Crippen molar-refractivity contribution >= 4 is 0 Å². The number of aryl methyl sites for hydroxylation is 2. The Morgan fingerprint density at radius 1 is 0.509 bits per heavy atom. The SMILES string of the molecule is C=CCCC1CCC(c2ccc(-c3ccc(CCCOCCCc4ccc(-c5ccc(C6CCC(CCC=C)CC6)cc5)cc4F)c(F)c3)cc2)CC1. The molecule has 0 spiro atoms. The number of allylic oxidation sites excluding steroid dienone is 2. The third kappa shape index (κ3) is 11.1. The molecule has 3 heteroatoms. The largest absolute Gasteiger partial charge is 0.381 e. The molecule has 0 N–H and O–H groups in total. The van der Waals surface area contributed by atoms with E-state index in [2.05, 4.69) is 61.7 Å². The minimum absolute atomic E-state index is 0.156. The van der Waals surface area contributed by atoms with Crippen molar-refractivity contribution in [3.05, 3.63) is 144 Å². The van der Waals surface area contributed by atoms with Crippen molar-refractivity contribution in [1.29, 1.82) is 0 Å². The molecule has 0 radical (unpaired) electrons. The van der Waals surface area contributed by atoms with Gasteiger partial charge in [-0.3, -0.25) is 0 Å². The summed E-state index contributed by atoms with van der Waals surface area (Å²) in [5.41, 5.74) is 8.23. The first kappa shape index (κ1) is 38.9. The minimum Gasteiger partial charge on any atom is -0.381 e. The lowest BCUT2D eigenvalue weighted by molar-refractivity contribution is 0.129. The second-order valence-corrected chi connectivity index (χ2v) is 15.8. The number of benzene rings is 4. The molecule has 2 aliphatic rings. The van der Waals surface area contributed by atoms with Gasteiger partial charge < -0.3 is 4.74 Å². The summed E-state index contributed by atoms with van der Waals surface area (Å²) in [4.78, 5) is 0. The van der Waals surface area contributed by atoms with Crippen molar-refractivity contribution in [3.8, 4) is 22.3 Å². The van der Waals surface area contributed by atoms with Crippen LogP contribution >= 0.6 is 0 Å². The first-order valence-electron chi connectivity index (χ1n) is 20.6. The molecule has 0 amide bonds. The molecule has 1 nitrogen and oxygen atoms in total. The Morgan fingerprint density at radius 2 is 0.887 bits per heavy atom. The summed E-state index contributed by atoms with van der Waals surface area (Å²) in [6.45, 7) is 8.86. The molecule has 0 bridgehead atoms. The molecule has 0 aromatic heterocycles. The summed E-state index contributed by atoms with van der Waals surface area (Å²) in [6, 6.07) is 28.8. The van der Waals surface area contributed by atoms with Gasteiger partial charge in [0.15, 0.2) is 0 Å². The molecule has 2 aliphatic carbocycles. The molecular weight excluding hydrogens is 655 g/mol. The van der Waals surface area contributed by atoms with E-state index in [4.69, 9.17) is 4.74 Å². The van der Waals surface area contributed by atoms with Gasteiger partial charge in [-0.1, -0.05) is 84.9 Å². The fourth-order valence-corrected chi connectivity index (χ4v) is 8.86. The quantitative estimate of drug-likeness (QED) is 0.0736. The topological polar surface area (TPSA) is 9.23 Å². The lowest BCUT2D eigenvalue weighted by Gasteiger charge is -2.28. The zero-order valence-corrected chi connectivity index (χ0v) is 31.9. The average Bonchev–Trinajstić information content (AvgIpc) is 3.20. The highest BCUT2D eigenvalue weighted by Crippen LogP contribution is 2.39. The second kappa shape index (κ2) is 20.0. The Labute approximate surface area is 318 Å². The van der Waals surface area contributed by atoms with Crippen LogP contribution in [0.15, 0.2) is 110 Å². The van der Waals surface area contributed by atoms with E-state index < -0.39 is 0 Å². The highest BCUT2D eigenvalue weighted by Gasteiger charge is 2.23. The van der Waals surface area contributed by atoms with Crippen LogP contribution in [0, 0.1) is 23.5 Å². The molecule has 2 fully saturated rings. The smallest absolute Gasteiger partial charge is 0.127 e. The number of hydrogen-bond acceptors (Lipinski definition) is 1. The molecule has 0 aliphatic heterocycles. The molecule has 0 atom stereocenters. The Hall–Kier alpha value is -3.82. The molecule has 4 aromatic carbocycles. The van der Waals surface area contributed by atoms with Crippen LogP contribution in [0.5, 0.6) is 0 Å². The van der Waals surface area contributed by atoms with Crippen LogP contribution in [0.3, 0.4) is 0 Å². The normalized spacial score (nSPS) is 20.3. The van der Waals surface area contributed by atoms with Crippen molar-refractivity contribution in [2.75, 3.05) is 13.2 Å². The van der Waals surface area contributed by atoms with Gasteiger partial charge in [-0.05, 0) is 183 Å². The van der Waals surface area contributed by atoms with Gasteiger partial charge in [0.25, 0.3) is 0 Å². The molecule has 53 heavy (non-hydrogen) atoms. The van der Waals surface area contributed by atoms with E-state index in [9.17, 15) is 0 Å². The van der Waals surface area contributed by atoms with Crippen LogP contribution in [0.1, 0.15) is 124 Å². The molecule has 0 unspecified atom stereocenters.